The molecule has 3 aromatic rings. The number of likely N-dealkylation sites (tertiary alicyclic amines) is 1. The number of nitriles is 1. The van der Waals surface area contributed by atoms with Crippen molar-refractivity contribution in [1.82, 2.24) is 10.2 Å². The molecule has 11 nitrogen and oxygen atoms in total. The number of rotatable bonds is 10. The highest BCUT2D eigenvalue weighted by Crippen LogP contribution is 2.45. The van der Waals surface area contributed by atoms with E-state index in [1.807, 2.05) is 37.3 Å². The molecular formula is C44H53FN8O3. The number of allylic oxidation sites excluding steroid dienone is 1. The minimum atomic E-state index is -0.548. The Morgan fingerprint density at radius 1 is 0.929 bits per heavy atom. The minimum Gasteiger partial charge on any atom is -0.377 e. The summed E-state index contributed by atoms with van der Waals surface area (Å²) in [5.74, 6) is -0.0146. The molecule has 3 fully saturated rings. The van der Waals surface area contributed by atoms with Gasteiger partial charge < -0.3 is 29.8 Å². The summed E-state index contributed by atoms with van der Waals surface area (Å²) in [5.41, 5.74) is 8.91. The second-order valence-electron chi connectivity index (χ2n) is 16.1. The molecule has 4 heterocycles. The zero-order valence-electron chi connectivity index (χ0n) is 33.0. The Bertz CT molecular complexity index is 2040. The number of nitrogens with one attached hydrogen (secondary N) is 2. The van der Waals surface area contributed by atoms with Crippen LogP contribution in [0.2, 0.25) is 0 Å². The smallest absolute Gasteiger partial charge is 0.249 e. The van der Waals surface area contributed by atoms with Crippen LogP contribution in [0.5, 0.6) is 0 Å². The number of hydrogen-bond donors (Lipinski definition) is 2. The van der Waals surface area contributed by atoms with Gasteiger partial charge in [-0.3, -0.25) is 19.7 Å². The van der Waals surface area contributed by atoms with Crippen molar-refractivity contribution >= 4 is 58.3 Å². The Kier molecular flexibility index (Phi) is 11.6. The maximum atomic E-state index is 15.3. The number of imide groups is 1. The molecule has 12 heteroatoms. The predicted octanol–water partition coefficient (Wildman–Crippen LogP) is 6.27. The van der Waals surface area contributed by atoms with Gasteiger partial charge in [-0.15, -0.1) is 0 Å². The van der Waals surface area contributed by atoms with E-state index in [9.17, 15) is 19.6 Å². The average molecular weight is 761 g/mol. The van der Waals surface area contributed by atoms with Crippen molar-refractivity contribution in [3.05, 3.63) is 76.6 Å². The molecule has 0 bridgehead atoms. The van der Waals surface area contributed by atoms with Gasteiger partial charge in [0.15, 0.2) is 0 Å². The first-order valence-corrected chi connectivity index (χ1v) is 19.9. The van der Waals surface area contributed by atoms with Gasteiger partial charge in [0.1, 0.15) is 18.1 Å². The molecule has 2 N–H and O–H groups in total. The summed E-state index contributed by atoms with van der Waals surface area (Å²) in [6.07, 6.45) is 7.66. The summed E-state index contributed by atoms with van der Waals surface area (Å²) < 4.78 is 15.3. The fourth-order valence-corrected chi connectivity index (χ4v) is 8.81. The van der Waals surface area contributed by atoms with Crippen molar-refractivity contribution in [2.75, 3.05) is 91.9 Å². The standard InChI is InChI=1S/C44H53FN8O3/c1-29(28-54)21-35-40(49(2)3)23-33(24-41(35)53-20-19-50(4)39-8-5-31(26-46)22-42(39)53)32-13-15-51(16-14-32)27-30-11-17-52(18-12-30)38-9-6-34(25-36(38)45)47-37-7-10-43(55)48-44(37)56/h5-6,8-9,21-25,28,30,32,37,47H,7,10-20,27H2,1-4H3,(H,48,55,56)/b29-21-. The highest BCUT2D eigenvalue weighted by molar-refractivity contribution is 6.01. The van der Waals surface area contributed by atoms with Crippen molar-refractivity contribution in [2.45, 2.75) is 57.4 Å². The lowest BCUT2D eigenvalue weighted by molar-refractivity contribution is -0.133. The van der Waals surface area contributed by atoms with Gasteiger partial charge in [-0.05, 0) is 130 Å². The average Bonchev–Trinajstić information content (AvgIpc) is 3.19. The van der Waals surface area contributed by atoms with E-state index < -0.39 is 6.04 Å². The van der Waals surface area contributed by atoms with Crippen molar-refractivity contribution in [1.29, 1.82) is 5.26 Å². The van der Waals surface area contributed by atoms with Crippen LogP contribution < -0.4 is 30.2 Å². The highest BCUT2D eigenvalue weighted by atomic mass is 19.1. The van der Waals surface area contributed by atoms with Gasteiger partial charge in [0, 0.05) is 77.2 Å². The van der Waals surface area contributed by atoms with Gasteiger partial charge in [0.05, 0.1) is 34.4 Å². The first kappa shape index (κ1) is 38.8. The van der Waals surface area contributed by atoms with E-state index in [1.165, 1.54) is 11.6 Å². The molecular weight excluding hydrogens is 708 g/mol. The molecule has 0 radical (unpaired) electrons. The second-order valence-corrected chi connectivity index (χ2v) is 16.1. The number of anilines is 6. The Morgan fingerprint density at radius 2 is 1.68 bits per heavy atom. The Labute approximate surface area is 329 Å². The topological polar surface area (TPSA) is 115 Å². The quantitative estimate of drug-likeness (QED) is 0.139. The lowest BCUT2D eigenvalue weighted by Gasteiger charge is -2.40. The lowest BCUT2D eigenvalue weighted by atomic mass is 9.86. The fourth-order valence-electron chi connectivity index (χ4n) is 8.81. The van der Waals surface area contributed by atoms with E-state index in [1.54, 1.807) is 6.07 Å². The number of amides is 2. The number of benzene rings is 3. The van der Waals surface area contributed by atoms with Gasteiger partial charge in [-0.25, -0.2) is 4.39 Å². The van der Waals surface area contributed by atoms with Gasteiger partial charge in [0.25, 0.3) is 0 Å². The summed E-state index contributed by atoms with van der Waals surface area (Å²) in [6.45, 7) is 8.10. The molecule has 56 heavy (non-hydrogen) atoms. The highest BCUT2D eigenvalue weighted by Gasteiger charge is 2.31. The number of carbonyl (C=O) groups is 3. The fraction of sp³-hybridized carbons (Fsp3) is 0.455. The van der Waals surface area contributed by atoms with Crippen molar-refractivity contribution < 1.29 is 18.8 Å². The third kappa shape index (κ3) is 8.38. The van der Waals surface area contributed by atoms with Gasteiger partial charge >= 0.3 is 0 Å². The van der Waals surface area contributed by atoms with Crippen molar-refractivity contribution in [2.24, 2.45) is 5.92 Å². The Morgan fingerprint density at radius 3 is 2.36 bits per heavy atom. The monoisotopic (exact) mass is 760 g/mol. The molecule has 0 aromatic heterocycles. The van der Waals surface area contributed by atoms with Crippen LogP contribution in [0.15, 0.2) is 54.1 Å². The SMILES string of the molecule is C/C(C=O)=C/c1c(N(C)C)cc(C2CCN(CC3CCN(c4ccc(NC5CCC(=O)NC5=O)cc4F)CC3)CC2)cc1N1CCN(C)c2ccc(C#N)cc21. The van der Waals surface area contributed by atoms with Gasteiger partial charge in [0.2, 0.25) is 11.8 Å². The minimum absolute atomic E-state index is 0.268. The van der Waals surface area contributed by atoms with Crippen LogP contribution >= 0.6 is 0 Å². The van der Waals surface area contributed by atoms with Crippen molar-refractivity contribution in [3.8, 4) is 6.07 Å². The summed E-state index contributed by atoms with van der Waals surface area (Å²) in [4.78, 5) is 46.9. The van der Waals surface area contributed by atoms with Crippen LogP contribution in [0.4, 0.5) is 38.5 Å². The third-order valence-corrected chi connectivity index (χ3v) is 12.0. The van der Waals surface area contributed by atoms with Crippen LogP contribution in [-0.2, 0) is 14.4 Å². The molecule has 0 saturated carbocycles. The number of nitrogens with zero attached hydrogens (tertiary/aromatic N) is 6. The van der Waals surface area contributed by atoms with E-state index >= 15 is 4.39 Å². The molecule has 1 atom stereocenters. The largest absolute Gasteiger partial charge is 0.377 e. The van der Waals surface area contributed by atoms with Crippen LogP contribution in [0.25, 0.3) is 6.08 Å². The number of hydrogen-bond acceptors (Lipinski definition) is 10. The van der Waals surface area contributed by atoms with Gasteiger partial charge in [-0.2, -0.15) is 5.26 Å². The summed E-state index contributed by atoms with van der Waals surface area (Å²) >= 11 is 0. The van der Waals surface area contributed by atoms with E-state index in [0.717, 1.165) is 106 Å². The molecule has 4 aliphatic rings. The summed E-state index contributed by atoms with van der Waals surface area (Å²) in [5, 5.41) is 15.2. The van der Waals surface area contributed by atoms with Crippen LogP contribution in [-0.4, -0.2) is 96.0 Å². The third-order valence-electron chi connectivity index (χ3n) is 12.0. The van der Waals surface area contributed by atoms with Crippen LogP contribution in [0.1, 0.15) is 68.1 Å². The number of piperidine rings is 3. The van der Waals surface area contributed by atoms with Crippen molar-refractivity contribution in [3.63, 3.8) is 0 Å². The molecule has 4 aliphatic heterocycles. The summed E-state index contributed by atoms with van der Waals surface area (Å²) in [7, 11) is 6.20. The van der Waals surface area contributed by atoms with Crippen LogP contribution in [0.3, 0.4) is 0 Å². The summed E-state index contributed by atoms with van der Waals surface area (Å²) in [6, 6.07) is 17.3. The number of halogens is 1. The van der Waals surface area contributed by atoms with E-state index in [0.29, 0.717) is 40.8 Å². The predicted molar refractivity (Wildman–Crippen MR) is 221 cm³/mol. The zero-order chi connectivity index (χ0) is 39.5. The maximum absolute atomic E-state index is 15.3. The Balaban J connectivity index is 1.01. The van der Waals surface area contributed by atoms with Gasteiger partial charge in [-0.1, -0.05) is 0 Å². The number of fused-ring (bicyclic) bond motifs is 1. The first-order chi connectivity index (χ1) is 27.0. The molecule has 7 rings (SSSR count). The molecule has 0 spiro atoms. The zero-order valence-corrected chi connectivity index (χ0v) is 33.0. The molecule has 1 unspecified atom stereocenters. The number of likely N-dealkylation sites (N-methyl/N-ethyl adjacent to an activating group) is 1. The number of carbonyl (C=O) groups excluding carboxylic acids is 3. The van der Waals surface area contributed by atoms with E-state index in [-0.39, 0.29) is 24.1 Å². The lowest BCUT2D eigenvalue weighted by Crippen LogP contribution is -2.47. The molecule has 294 valence electrons. The molecule has 2 amide bonds. The first-order valence-electron chi connectivity index (χ1n) is 19.9. The normalized spacial score (nSPS) is 20.0. The van der Waals surface area contributed by atoms with Crippen LogP contribution in [0, 0.1) is 23.1 Å². The number of aldehydes is 1. The molecule has 3 aromatic carbocycles. The van der Waals surface area contributed by atoms with E-state index in [4.69, 9.17) is 0 Å². The Hall–Kier alpha value is -5.41. The second kappa shape index (κ2) is 16.8. The van der Waals surface area contributed by atoms with E-state index in [2.05, 4.69) is 74.5 Å². The molecule has 3 saturated heterocycles. The molecule has 0 aliphatic carbocycles. The maximum Gasteiger partial charge on any atom is 0.249 e.